The number of fused-ring (bicyclic) bond motifs is 3. The molecule has 1 spiro atoms. The van der Waals surface area contributed by atoms with E-state index in [0.717, 1.165) is 44.9 Å². The molecule has 0 saturated heterocycles. The second-order valence-corrected chi connectivity index (χ2v) is 9.31. The van der Waals surface area contributed by atoms with Crippen molar-refractivity contribution in [2.24, 2.45) is 34.0 Å². The summed E-state index contributed by atoms with van der Waals surface area (Å²) in [5.41, 5.74) is -0.314. The minimum absolute atomic E-state index is 0.0336. The van der Waals surface area contributed by atoms with Crippen LogP contribution in [0.25, 0.3) is 0 Å². The highest BCUT2D eigenvalue weighted by atomic mass is 16.4. The third kappa shape index (κ3) is 1.86. The van der Waals surface area contributed by atoms with Gasteiger partial charge in [-0.2, -0.15) is 0 Å². The summed E-state index contributed by atoms with van der Waals surface area (Å²) < 4.78 is 0. The second-order valence-electron chi connectivity index (χ2n) is 9.31. The monoisotopic (exact) mass is 330 g/mol. The van der Waals surface area contributed by atoms with Gasteiger partial charge in [0.1, 0.15) is 0 Å². The van der Waals surface area contributed by atoms with Crippen molar-refractivity contribution < 1.29 is 19.8 Å². The van der Waals surface area contributed by atoms with Gasteiger partial charge >= 0.3 is 0 Å². The first kappa shape index (κ1) is 16.2. The van der Waals surface area contributed by atoms with Crippen LogP contribution in [-0.2, 0) is 9.59 Å². The van der Waals surface area contributed by atoms with Crippen molar-refractivity contribution in [3.05, 3.63) is 11.6 Å². The summed E-state index contributed by atoms with van der Waals surface area (Å²) in [6.07, 6.45) is 9.30. The maximum absolute atomic E-state index is 11.9. The topological polar surface area (TPSA) is 80.3 Å². The van der Waals surface area contributed by atoms with E-state index >= 15 is 0 Å². The van der Waals surface area contributed by atoms with Crippen molar-refractivity contribution in [1.82, 2.24) is 0 Å². The maximum atomic E-state index is 11.9. The Morgan fingerprint density at radius 1 is 1.04 bits per heavy atom. The van der Waals surface area contributed by atoms with Crippen LogP contribution in [0.15, 0.2) is 11.6 Å². The van der Waals surface area contributed by atoms with E-state index in [-0.39, 0.29) is 22.7 Å². The normalized spacial score (nSPS) is 49.8. The predicted octanol–water partition coefficient (Wildman–Crippen LogP) is 1.44. The van der Waals surface area contributed by atoms with E-state index in [2.05, 4.69) is 6.92 Å². The van der Waals surface area contributed by atoms with Crippen molar-refractivity contribution in [3.63, 3.8) is 0 Å². The summed E-state index contributed by atoms with van der Waals surface area (Å²) in [7, 11) is 0. The number of rotatable bonds is 2. The Morgan fingerprint density at radius 3 is 2.46 bits per heavy atom. The molecule has 0 aromatic rings. The Morgan fingerprint density at radius 2 is 1.79 bits per heavy atom. The number of aliphatic carboxylic acids is 2. The fraction of sp³-hybridized carbons (Fsp3) is 0.800. The lowest BCUT2D eigenvalue weighted by Crippen LogP contribution is -2.60. The fourth-order valence-electron chi connectivity index (χ4n) is 7.41. The number of carboxylic acid groups (broad SMARTS) is 2. The van der Waals surface area contributed by atoms with Gasteiger partial charge in [-0.1, -0.05) is 26.3 Å². The number of carbonyl (C=O) groups is 2. The minimum atomic E-state index is -1.01. The van der Waals surface area contributed by atoms with E-state index < -0.39 is 17.4 Å². The molecule has 4 rings (SSSR count). The highest BCUT2D eigenvalue weighted by molar-refractivity contribution is 5.86. The standard InChI is InChI=1S/C20H28O4/c1-18-7-3-8-19(2,17(23)24)14(18)6-9-20-10-12(4-5-15(18)20)13(11-20)16(21)22/h11-12,14-15H,3-10H2,1-2H3,(H,21,22)(H,23,24)/p-2/t12-,14?,15?,18-,19-,20+/m1/s1. The Kier molecular flexibility index (Phi) is 3.27. The van der Waals surface area contributed by atoms with Gasteiger partial charge in [-0.05, 0) is 79.1 Å². The molecule has 0 aromatic heterocycles. The first-order valence-electron chi connectivity index (χ1n) is 9.38. The molecule has 24 heavy (non-hydrogen) atoms. The maximum Gasteiger partial charge on any atom is 0.0674 e. The molecule has 0 aromatic carbocycles. The molecule has 4 aliphatic rings. The van der Waals surface area contributed by atoms with Gasteiger partial charge in [-0.25, -0.2) is 0 Å². The lowest BCUT2D eigenvalue weighted by Gasteiger charge is -2.64. The Hall–Kier alpha value is -1.32. The summed E-state index contributed by atoms with van der Waals surface area (Å²) in [4.78, 5) is 23.4. The molecule has 2 bridgehead atoms. The molecular formula is C20H26O4-2. The van der Waals surface area contributed by atoms with Crippen LogP contribution in [-0.4, -0.2) is 11.9 Å². The number of hydrogen-bond acceptors (Lipinski definition) is 4. The fourth-order valence-corrected chi connectivity index (χ4v) is 7.41. The molecule has 0 aliphatic heterocycles. The first-order chi connectivity index (χ1) is 11.2. The zero-order chi connectivity index (χ0) is 17.3. The zero-order valence-electron chi connectivity index (χ0n) is 14.6. The number of carbonyl (C=O) groups excluding carboxylic acids is 2. The van der Waals surface area contributed by atoms with Gasteiger partial charge in [0.05, 0.1) is 5.97 Å². The van der Waals surface area contributed by atoms with Crippen LogP contribution in [0.3, 0.4) is 0 Å². The van der Waals surface area contributed by atoms with Gasteiger partial charge in [-0.15, -0.1) is 0 Å². The molecule has 4 heteroatoms. The van der Waals surface area contributed by atoms with Crippen molar-refractivity contribution in [2.75, 3.05) is 0 Å². The third-order valence-corrected chi connectivity index (χ3v) is 8.38. The van der Waals surface area contributed by atoms with Crippen molar-refractivity contribution in [3.8, 4) is 0 Å². The Labute approximate surface area is 143 Å². The van der Waals surface area contributed by atoms with Crippen LogP contribution >= 0.6 is 0 Å². The van der Waals surface area contributed by atoms with Crippen LogP contribution in [0.1, 0.15) is 65.2 Å². The molecular weight excluding hydrogens is 304 g/mol. The molecule has 2 unspecified atom stereocenters. The van der Waals surface area contributed by atoms with Gasteiger partial charge in [0.2, 0.25) is 0 Å². The zero-order valence-corrected chi connectivity index (χ0v) is 14.6. The highest BCUT2D eigenvalue weighted by Gasteiger charge is 2.63. The predicted molar refractivity (Wildman–Crippen MR) is 84.2 cm³/mol. The van der Waals surface area contributed by atoms with Gasteiger partial charge < -0.3 is 19.8 Å². The molecule has 6 atom stereocenters. The molecule has 0 radical (unpaired) electrons. The summed E-state index contributed by atoms with van der Waals surface area (Å²) in [6, 6.07) is 0. The Bertz CT molecular complexity index is 638. The smallest absolute Gasteiger partial charge is 0.0674 e. The van der Waals surface area contributed by atoms with Gasteiger partial charge in [0, 0.05) is 11.4 Å². The lowest BCUT2D eigenvalue weighted by atomic mass is 9.41. The molecule has 0 heterocycles. The highest BCUT2D eigenvalue weighted by Crippen LogP contribution is 2.70. The summed E-state index contributed by atoms with van der Waals surface area (Å²) in [5, 5.41) is 23.4. The Balaban J connectivity index is 1.76. The van der Waals surface area contributed by atoms with Crippen molar-refractivity contribution >= 4 is 11.9 Å². The average molecular weight is 330 g/mol. The largest absolute Gasteiger partial charge is 0.550 e. The number of hydrogen-bond donors (Lipinski definition) is 0. The summed E-state index contributed by atoms with van der Waals surface area (Å²) >= 11 is 0. The van der Waals surface area contributed by atoms with Crippen LogP contribution in [0.2, 0.25) is 0 Å². The number of carboxylic acids is 2. The summed E-state index contributed by atoms with van der Waals surface area (Å²) in [5.74, 6) is -1.25. The molecule has 4 nitrogen and oxygen atoms in total. The van der Waals surface area contributed by atoms with Gasteiger partial charge in [0.15, 0.2) is 0 Å². The SMILES string of the molecule is C[C@@]12CCC[C@@](C)(C(=O)[O-])C1CC[C@]13C=C(C(=O)[O-])[C@H](CCC12)C3. The molecule has 0 amide bonds. The van der Waals surface area contributed by atoms with Crippen molar-refractivity contribution in [1.29, 1.82) is 0 Å². The van der Waals surface area contributed by atoms with E-state index in [4.69, 9.17) is 0 Å². The average Bonchev–Trinajstić information content (AvgIpc) is 2.78. The second kappa shape index (κ2) is 4.86. The number of allylic oxidation sites excluding steroid dienone is 1. The van der Waals surface area contributed by atoms with E-state index in [9.17, 15) is 19.8 Å². The third-order valence-electron chi connectivity index (χ3n) is 8.38. The van der Waals surface area contributed by atoms with Crippen LogP contribution in [0.5, 0.6) is 0 Å². The van der Waals surface area contributed by atoms with E-state index in [1.165, 1.54) is 0 Å². The molecule has 3 saturated carbocycles. The first-order valence-corrected chi connectivity index (χ1v) is 9.38. The van der Waals surface area contributed by atoms with Crippen LogP contribution < -0.4 is 10.2 Å². The van der Waals surface area contributed by atoms with Crippen molar-refractivity contribution in [2.45, 2.75) is 65.2 Å². The molecule has 3 fully saturated rings. The van der Waals surface area contributed by atoms with Gasteiger partial charge in [0.25, 0.3) is 0 Å². The lowest BCUT2D eigenvalue weighted by molar-refractivity contribution is -0.328. The van der Waals surface area contributed by atoms with Gasteiger partial charge in [-0.3, -0.25) is 0 Å². The van der Waals surface area contributed by atoms with E-state index in [1.54, 1.807) is 0 Å². The van der Waals surface area contributed by atoms with E-state index in [0.29, 0.717) is 17.9 Å². The molecule has 132 valence electrons. The summed E-state index contributed by atoms with van der Waals surface area (Å²) in [6.45, 7) is 4.15. The van der Waals surface area contributed by atoms with E-state index in [1.807, 2.05) is 13.0 Å². The molecule has 4 aliphatic carbocycles. The minimum Gasteiger partial charge on any atom is -0.550 e. The quantitative estimate of drug-likeness (QED) is 0.767. The molecule has 0 N–H and O–H groups in total. The van der Waals surface area contributed by atoms with Crippen LogP contribution in [0.4, 0.5) is 0 Å². The van der Waals surface area contributed by atoms with Crippen LogP contribution in [0, 0.1) is 34.0 Å².